The maximum atomic E-state index is 12.5. The molecular weight excluding hydrogens is 449 g/mol. The van der Waals surface area contributed by atoms with Crippen molar-refractivity contribution in [1.29, 1.82) is 5.26 Å². The normalized spacial score (nSPS) is 13.8. The number of rotatable bonds is 6. The molecule has 32 heavy (non-hydrogen) atoms. The van der Waals surface area contributed by atoms with Gasteiger partial charge in [0.05, 0.1) is 27.9 Å². The van der Waals surface area contributed by atoms with Crippen molar-refractivity contribution < 1.29 is 32.3 Å². The monoisotopic (exact) mass is 466 g/mol. The summed E-state index contributed by atoms with van der Waals surface area (Å²) in [7, 11) is 0. The van der Waals surface area contributed by atoms with Crippen LogP contribution in [0.25, 0.3) is 0 Å². The van der Waals surface area contributed by atoms with Crippen LogP contribution in [0.1, 0.15) is 24.1 Å². The summed E-state index contributed by atoms with van der Waals surface area (Å²) in [6, 6.07) is 11.4. The average Bonchev–Trinajstić information content (AvgIpc) is 2.76. The van der Waals surface area contributed by atoms with Gasteiger partial charge in [0.2, 0.25) is 0 Å². The molecule has 168 valence electrons. The summed E-state index contributed by atoms with van der Waals surface area (Å²) in [6.45, 7) is 1.41. The summed E-state index contributed by atoms with van der Waals surface area (Å²) >= 11 is 1.23. The minimum Gasteiger partial charge on any atom is -0.405 e. The van der Waals surface area contributed by atoms with Crippen LogP contribution in [0.4, 0.5) is 13.2 Å². The van der Waals surface area contributed by atoms with Crippen LogP contribution in [0.15, 0.2) is 52.6 Å². The van der Waals surface area contributed by atoms with Crippen molar-refractivity contribution in [3.63, 3.8) is 0 Å². The van der Waals surface area contributed by atoms with Gasteiger partial charge in [0.15, 0.2) is 6.61 Å². The number of oxime groups is 1. The van der Waals surface area contributed by atoms with Crippen LogP contribution >= 0.6 is 11.9 Å². The molecule has 1 aromatic carbocycles. The van der Waals surface area contributed by atoms with Crippen molar-refractivity contribution in [2.75, 3.05) is 13.1 Å². The fourth-order valence-corrected chi connectivity index (χ4v) is 3.60. The van der Waals surface area contributed by atoms with Gasteiger partial charge in [-0.25, -0.2) is 4.31 Å². The average molecular weight is 466 g/mol. The van der Waals surface area contributed by atoms with Crippen LogP contribution in [0.2, 0.25) is 0 Å². The fraction of sp³-hybridized carbons (Fsp3) is 0.300. The van der Waals surface area contributed by atoms with Crippen LogP contribution < -0.4 is 4.74 Å². The van der Waals surface area contributed by atoms with Gasteiger partial charge in [-0.2, -0.15) is 14.9 Å². The lowest BCUT2D eigenvalue weighted by Crippen LogP contribution is -2.29. The van der Waals surface area contributed by atoms with Crippen LogP contribution in [-0.4, -0.2) is 40.6 Å². The zero-order chi connectivity index (χ0) is 23.4. The van der Waals surface area contributed by atoms with E-state index in [-0.39, 0.29) is 18.5 Å². The summed E-state index contributed by atoms with van der Waals surface area (Å²) in [6.07, 6.45) is -1.65. The topological polar surface area (TPSA) is 105 Å². The Labute approximate surface area is 185 Å². The molecule has 1 aliphatic rings. The largest absolute Gasteiger partial charge is 0.573 e. The van der Waals surface area contributed by atoms with Gasteiger partial charge in [-0.05, 0) is 36.2 Å². The summed E-state index contributed by atoms with van der Waals surface area (Å²) < 4.78 is 43.7. The minimum absolute atomic E-state index is 0.166. The molecule has 8 nitrogen and oxygen atoms in total. The Balaban J connectivity index is 0.00000114. The van der Waals surface area contributed by atoms with Crippen LogP contribution in [0.5, 0.6) is 5.75 Å². The highest BCUT2D eigenvalue weighted by Crippen LogP contribution is 2.35. The molecule has 1 fully saturated rings. The molecule has 0 bridgehead atoms. The first kappa shape index (κ1) is 24.9. The van der Waals surface area contributed by atoms with E-state index in [4.69, 9.17) is 19.7 Å². The van der Waals surface area contributed by atoms with Crippen molar-refractivity contribution in [2.45, 2.75) is 30.7 Å². The molecule has 0 unspecified atom stereocenters. The molecule has 0 atom stereocenters. The van der Waals surface area contributed by atoms with E-state index in [1.807, 2.05) is 10.4 Å². The molecule has 0 saturated carbocycles. The standard InChI is InChI=1S/C19H17F3N4O2S.CO2/c20-19(21,22)28-17-3-1-2-4-18(17)29-26-9-6-15(7-10-26)25-27-13-16-11-14(12-23)5-8-24-16;2-1-3/h1-5,8,11H,6-7,9-10,13H2;. The molecule has 1 saturated heterocycles. The van der Waals surface area contributed by atoms with Crippen LogP contribution in [0, 0.1) is 11.3 Å². The number of nitriles is 1. The lowest BCUT2D eigenvalue weighted by molar-refractivity contribution is -0.275. The maximum Gasteiger partial charge on any atom is 0.573 e. The minimum atomic E-state index is -4.72. The van der Waals surface area contributed by atoms with Crippen LogP contribution in [0.3, 0.4) is 0 Å². The van der Waals surface area contributed by atoms with Crippen molar-refractivity contribution in [3.8, 4) is 11.8 Å². The second kappa shape index (κ2) is 12.5. The van der Waals surface area contributed by atoms with Gasteiger partial charge in [0, 0.05) is 32.1 Å². The van der Waals surface area contributed by atoms with Crippen molar-refractivity contribution >= 4 is 23.8 Å². The predicted octanol–water partition coefficient (Wildman–Crippen LogP) is 3.94. The fourth-order valence-electron chi connectivity index (χ4n) is 2.62. The Kier molecular flexibility index (Phi) is 9.69. The van der Waals surface area contributed by atoms with Crippen LogP contribution in [-0.2, 0) is 21.0 Å². The highest BCUT2D eigenvalue weighted by atomic mass is 32.2. The molecule has 1 aliphatic heterocycles. The third-order valence-electron chi connectivity index (χ3n) is 3.95. The molecule has 0 spiro atoms. The van der Waals surface area contributed by atoms with E-state index in [1.165, 1.54) is 24.1 Å². The summed E-state index contributed by atoms with van der Waals surface area (Å²) in [5.41, 5.74) is 1.99. The first-order chi connectivity index (χ1) is 15.3. The number of pyridine rings is 1. The third kappa shape index (κ3) is 8.77. The number of alkyl halides is 3. The Morgan fingerprint density at radius 2 is 1.88 bits per heavy atom. The summed E-state index contributed by atoms with van der Waals surface area (Å²) in [4.78, 5) is 26.1. The quantitative estimate of drug-likeness (QED) is 0.466. The van der Waals surface area contributed by atoms with Gasteiger partial charge < -0.3 is 9.57 Å². The number of hydrogen-bond donors (Lipinski definition) is 0. The number of ether oxygens (including phenoxy) is 1. The molecule has 2 aromatic rings. The van der Waals surface area contributed by atoms with Crippen molar-refractivity contribution in [1.82, 2.24) is 9.29 Å². The maximum absolute atomic E-state index is 12.5. The number of hydrogen-bond acceptors (Lipinski definition) is 9. The SMILES string of the molecule is N#Cc1ccnc(CON=C2CCN(Sc3ccccc3OC(F)(F)F)CC2)c1.O=C=O. The molecule has 0 N–H and O–H groups in total. The number of benzene rings is 1. The highest BCUT2D eigenvalue weighted by Gasteiger charge is 2.32. The Morgan fingerprint density at radius 3 is 2.53 bits per heavy atom. The molecule has 0 amide bonds. The number of aromatic nitrogens is 1. The Bertz CT molecular complexity index is 995. The molecular formula is C20H17F3N4O4S. The summed E-state index contributed by atoms with van der Waals surface area (Å²) in [5, 5.41) is 13.0. The smallest absolute Gasteiger partial charge is 0.405 e. The lowest BCUT2D eigenvalue weighted by Gasteiger charge is -2.26. The van der Waals surface area contributed by atoms with Gasteiger partial charge in [-0.15, -0.1) is 13.2 Å². The van der Waals surface area contributed by atoms with E-state index in [1.54, 1.807) is 30.5 Å². The molecule has 2 heterocycles. The van der Waals surface area contributed by atoms with Gasteiger partial charge in [0.1, 0.15) is 5.75 Å². The first-order valence-electron chi connectivity index (χ1n) is 9.14. The predicted molar refractivity (Wildman–Crippen MR) is 106 cm³/mol. The van der Waals surface area contributed by atoms with Gasteiger partial charge >= 0.3 is 12.5 Å². The van der Waals surface area contributed by atoms with E-state index < -0.39 is 6.36 Å². The van der Waals surface area contributed by atoms with Gasteiger partial charge in [-0.1, -0.05) is 17.3 Å². The van der Waals surface area contributed by atoms with Gasteiger partial charge in [0.25, 0.3) is 0 Å². The second-order valence-corrected chi connectivity index (χ2v) is 7.32. The number of nitrogens with zero attached hydrogens (tertiary/aromatic N) is 4. The third-order valence-corrected chi connectivity index (χ3v) is 5.11. The first-order valence-corrected chi connectivity index (χ1v) is 9.91. The van der Waals surface area contributed by atoms with Gasteiger partial charge in [-0.3, -0.25) is 4.98 Å². The zero-order valence-corrected chi connectivity index (χ0v) is 17.4. The number of piperidine rings is 1. The Morgan fingerprint density at radius 1 is 1.19 bits per heavy atom. The van der Waals surface area contributed by atoms with E-state index in [0.29, 0.717) is 42.1 Å². The molecule has 3 rings (SSSR count). The zero-order valence-electron chi connectivity index (χ0n) is 16.5. The van der Waals surface area contributed by atoms with Crippen molar-refractivity contribution in [2.24, 2.45) is 5.16 Å². The molecule has 1 aromatic heterocycles. The lowest BCUT2D eigenvalue weighted by atomic mass is 10.1. The number of carbonyl (C=O) groups excluding carboxylic acids is 2. The van der Waals surface area contributed by atoms with E-state index in [0.717, 1.165) is 5.71 Å². The molecule has 12 heteroatoms. The van der Waals surface area contributed by atoms with E-state index >= 15 is 0 Å². The second-order valence-electron chi connectivity index (χ2n) is 6.18. The number of halogens is 3. The summed E-state index contributed by atoms with van der Waals surface area (Å²) in [5.74, 6) is -0.208. The molecule has 0 aliphatic carbocycles. The number of para-hydroxylation sites is 1. The molecule has 0 radical (unpaired) electrons. The van der Waals surface area contributed by atoms with E-state index in [9.17, 15) is 13.2 Å². The Hall–Kier alpha value is -3.39. The van der Waals surface area contributed by atoms with E-state index in [2.05, 4.69) is 14.9 Å². The van der Waals surface area contributed by atoms with Crippen molar-refractivity contribution in [3.05, 3.63) is 53.9 Å². The highest BCUT2D eigenvalue weighted by molar-refractivity contribution is 7.97.